The third kappa shape index (κ3) is 12.1. The van der Waals surface area contributed by atoms with Crippen molar-refractivity contribution in [1.82, 2.24) is 5.32 Å². The van der Waals surface area contributed by atoms with E-state index in [1.54, 1.807) is 0 Å². The van der Waals surface area contributed by atoms with Crippen LogP contribution in [0.5, 0.6) is 0 Å². The van der Waals surface area contributed by atoms with Gasteiger partial charge in [-0.05, 0) is 104 Å². The smallest absolute Gasteiger partial charge is 0.303 e. The molecule has 7 aliphatic heterocycles. The van der Waals surface area contributed by atoms with Gasteiger partial charge in [0, 0.05) is 19.4 Å². The third-order valence-corrected chi connectivity index (χ3v) is 22.7. The van der Waals surface area contributed by atoms with Gasteiger partial charge in [0.1, 0.15) is 122 Å². The first-order valence-electron chi connectivity index (χ1n) is 31.5. The number of nitrogens with one attached hydrogen (secondary N) is 1. The molecule has 0 aromatic heterocycles. The highest BCUT2D eigenvalue weighted by Crippen LogP contribution is 2.71. The Labute approximate surface area is 508 Å². The zero-order chi connectivity index (χ0) is 63.2. The molecular formula is C58H95NO29. The van der Waals surface area contributed by atoms with E-state index in [0.29, 0.717) is 43.6 Å². The van der Waals surface area contributed by atoms with E-state index in [1.165, 1.54) is 6.92 Å². The van der Waals surface area contributed by atoms with Crippen molar-refractivity contribution in [3.05, 3.63) is 0 Å². The van der Waals surface area contributed by atoms with Crippen molar-refractivity contribution in [2.45, 2.75) is 257 Å². The average Bonchev–Trinajstić information content (AvgIpc) is 1.50. The van der Waals surface area contributed by atoms with Crippen LogP contribution in [0.3, 0.4) is 0 Å². The fourth-order valence-electron chi connectivity index (χ4n) is 18.0. The maximum absolute atomic E-state index is 12.7. The van der Waals surface area contributed by atoms with E-state index < -0.39 is 204 Å². The molecule has 7 saturated heterocycles. The molecule has 0 aromatic carbocycles. The SMILES string of the molecule is CC(=O)OC1CC(CO[C@@H]2O[C@H](CO)[C@@H](O)[C@H](O)[C@H]2O)CNC12O[C@H]1CC3[C@@H]4CC[C@H]5C[C@@H](O[C@@H]6O[C@H](CO)[C@H](O[C@@H]7O[C@H](CO)[C@@H](O)[C@H](O[C@@H]8OC[C@@H](O)[C@H](O)[C@H]8O)[C@H]7O[C@@H]7O[C@H](CO)[C@@H](O)[C@H](O)[C@H]7O)[C@H](O)[C@H]6O)CC[C@]5(C)C4CC[C@]3(C)C1[C@@H]2C. The first-order valence-corrected chi connectivity index (χ1v) is 31.5. The quantitative estimate of drug-likeness (QED) is 0.0505. The Balaban J connectivity index is 0.728. The summed E-state index contributed by atoms with van der Waals surface area (Å²) in [5.74, 6) is 0.879. The van der Waals surface area contributed by atoms with Crippen LogP contribution in [-0.4, -0.2) is 305 Å². The summed E-state index contributed by atoms with van der Waals surface area (Å²) in [6.45, 7) is 5.16. The van der Waals surface area contributed by atoms with Crippen molar-refractivity contribution in [3.63, 3.8) is 0 Å². The monoisotopic (exact) mass is 1270 g/mol. The number of hydrogen-bond donors (Lipinski definition) is 17. The predicted molar refractivity (Wildman–Crippen MR) is 289 cm³/mol. The molecule has 11 fully saturated rings. The lowest BCUT2D eigenvalue weighted by atomic mass is 9.44. The number of ether oxygens (including phenoxy) is 12. The van der Waals surface area contributed by atoms with Crippen molar-refractivity contribution >= 4 is 5.97 Å². The van der Waals surface area contributed by atoms with Crippen LogP contribution in [0.1, 0.15) is 85.5 Å². The van der Waals surface area contributed by atoms with Gasteiger partial charge in [-0.1, -0.05) is 20.8 Å². The molecule has 1 spiro atoms. The van der Waals surface area contributed by atoms with Crippen molar-refractivity contribution < 1.29 is 143 Å². The molecule has 37 atom stereocenters. The molecule has 0 radical (unpaired) electrons. The van der Waals surface area contributed by atoms with E-state index in [9.17, 15) is 86.5 Å². The van der Waals surface area contributed by atoms with E-state index in [1.807, 2.05) is 0 Å². The van der Waals surface area contributed by atoms with Crippen LogP contribution in [0.15, 0.2) is 0 Å². The number of rotatable bonds is 16. The lowest BCUT2D eigenvalue weighted by molar-refractivity contribution is -0.404. The fraction of sp³-hybridized carbons (Fsp3) is 0.983. The van der Waals surface area contributed by atoms with Gasteiger partial charge < -0.3 is 139 Å². The summed E-state index contributed by atoms with van der Waals surface area (Å²) >= 11 is 0. The van der Waals surface area contributed by atoms with E-state index in [4.69, 9.17) is 56.8 Å². The molecule has 30 heteroatoms. The van der Waals surface area contributed by atoms with E-state index in [-0.39, 0.29) is 47.2 Å². The molecule has 506 valence electrons. The predicted octanol–water partition coefficient (Wildman–Crippen LogP) is -6.36. The summed E-state index contributed by atoms with van der Waals surface area (Å²) in [7, 11) is 0. The average molecular weight is 1270 g/mol. The van der Waals surface area contributed by atoms with Gasteiger partial charge in [0.2, 0.25) is 0 Å². The van der Waals surface area contributed by atoms with Gasteiger partial charge >= 0.3 is 5.97 Å². The lowest BCUT2D eigenvalue weighted by Gasteiger charge is -2.61. The van der Waals surface area contributed by atoms with Crippen molar-refractivity contribution in [1.29, 1.82) is 0 Å². The number of piperidine rings is 1. The molecule has 11 aliphatic rings. The minimum Gasteiger partial charge on any atom is -0.458 e. The zero-order valence-electron chi connectivity index (χ0n) is 49.9. The number of hydrogen-bond acceptors (Lipinski definition) is 30. The maximum Gasteiger partial charge on any atom is 0.303 e. The van der Waals surface area contributed by atoms with Crippen LogP contribution < -0.4 is 5.32 Å². The zero-order valence-corrected chi connectivity index (χ0v) is 49.9. The van der Waals surface area contributed by atoms with Crippen LogP contribution in [0.2, 0.25) is 0 Å². The molecule has 0 bridgehead atoms. The van der Waals surface area contributed by atoms with Gasteiger partial charge in [-0.2, -0.15) is 0 Å². The second-order valence-corrected chi connectivity index (χ2v) is 27.5. The number of aliphatic hydroxyl groups is 16. The molecular weight excluding hydrogens is 1170 g/mol. The molecule has 4 saturated carbocycles. The third-order valence-electron chi connectivity index (χ3n) is 22.7. The van der Waals surface area contributed by atoms with Gasteiger partial charge in [-0.15, -0.1) is 0 Å². The number of carbonyl (C=O) groups excluding carboxylic acids is 1. The van der Waals surface area contributed by atoms with Gasteiger partial charge in [-0.3, -0.25) is 10.1 Å². The van der Waals surface area contributed by atoms with Gasteiger partial charge in [0.15, 0.2) is 37.2 Å². The van der Waals surface area contributed by atoms with E-state index in [0.717, 1.165) is 38.5 Å². The highest BCUT2D eigenvalue weighted by atomic mass is 16.8. The Bertz CT molecular complexity index is 2330. The molecule has 11 rings (SSSR count). The summed E-state index contributed by atoms with van der Waals surface area (Å²) in [5, 5.41) is 175. The molecule has 17 N–H and O–H groups in total. The number of esters is 1. The summed E-state index contributed by atoms with van der Waals surface area (Å²) in [6.07, 6.45) is -34.8. The first-order chi connectivity index (χ1) is 41.8. The van der Waals surface area contributed by atoms with Gasteiger partial charge in [-0.25, -0.2) is 0 Å². The van der Waals surface area contributed by atoms with Crippen LogP contribution in [0, 0.1) is 52.3 Å². The fourth-order valence-corrected chi connectivity index (χ4v) is 18.0. The molecule has 6 unspecified atom stereocenters. The van der Waals surface area contributed by atoms with E-state index >= 15 is 0 Å². The van der Waals surface area contributed by atoms with Crippen molar-refractivity contribution in [3.8, 4) is 0 Å². The number of fused-ring (bicyclic) bond motifs is 7. The molecule has 0 amide bonds. The van der Waals surface area contributed by atoms with Crippen LogP contribution >= 0.6 is 0 Å². The standard InChI is InChI=1S/C58H95NO29/c1-21-36-30(88-58(21)35(79-22(2)64)11-23(14-59-58)19-77-51-45(74)41(70)38(67)31(15-60)81-51)13-28-26-6-5-24-12-25(7-9-56(24,3)27(26)8-10-57(28,36)4)80-53-47(76)43(72)48(34(18-63)84-53)85-55-50(87-54-46(75)42(71)39(68)32(16-61)82-54)49(40(69)33(17-62)83-55)86-52-44(73)37(66)29(65)20-78-52/h21,23-55,59-63,65-76H,5-20H2,1-4H3/t21-,23?,24-,25-,26+,27?,28?,29+,30-,31+,32+,33+,34+,35?,36?,37-,38+,39+,40+,41-,42-,43+,44+,45+,46+,47+,48-,49-,50+,51+,52-,53+,54-,55-,56-,57-,58?/m0/s1. The summed E-state index contributed by atoms with van der Waals surface area (Å²) in [5.41, 5.74) is -1.09. The highest BCUT2D eigenvalue weighted by Gasteiger charge is 2.71. The maximum atomic E-state index is 12.7. The number of carbonyl (C=O) groups is 1. The summed E-state index contributed by atoms with van der Waals surface area (Å²) in [6, 6.07) is 0. The second-order valence-electron chi connectivity index (χ2n) is 27.5. The minimum atomic E-state index is -2.03. The Hall–Kier alpha value is -1.65. The van der Waals surface area contributed by atoms with Crippen LogP contribution in [0.25, 0.3) is 0 Å². The Morgan fingerprint density at radius 1 is 0.545 bits per heavy atom. The molecule has 88 heavy (non-hydrogen) atoms. The number of aliphatic hydroxyl groups excluding tert-OH is 16. The Morgan fingerprint density at radius 2 is 1.11 bits per heavy atom. The Kier molecular flexibility index (Phi) is 20.7. The van der Waals surface area contributed by atoms with Gasteiger partial charge in [0.25, 0.3) is 0 Å². The molecule has 30 nitrogen and oxygen atoms in total. The van der Waals surface area contributed by atoms with Crippen LogP contribution in [0.4, 0.5) is 0 Å². The highest BCUT2D eigenvalue weighted by molar-refractivity contribution is 5.66. The molecule has 4 aliphatic carbocycles. The van der Waals surface area contributed by atoms with Gasteiger partial charge in [0.05, 0.1) is 51.8 Å². The molecule has 0 aromatic rings. The molecule has 7 heterocycles. The largest absolute Gasteiger partial charge is 0.458 e. The van der Waals surface area contributed by atoms with Crippen LogP contribution in [-0.2, 0) is 61.6 Å². The Morgan fingerprint density at radius 3 is 1.78 bits per heavy atom. The van der Waals surface area contributed by atoms with Crippen molar-refractivity contribution in [2.24, 2.45) is 52.3 Å². The lowest BCUT2D eigenvalue weighted by Crippen LogP contribution is -2.68. The second kappa shape index (κ2) is 26.9. The summed E-state index contributed by atoms with van der Waals surface area (Å²) < 4.78 is 72.8. The topological polar surface area (TPSA) is 464 Å². The first kappa shape index (κ1) is 67.8. The minimum absolute atomic E-state index is 0.0503. The van der Waals surface area contributed by atoms with Crippen molar-refractivity contribution in [2.75, 3.05) is 46.2 Å². The normalized spacial score (nSPS) is 55.5. The van der Waals surface area contributed by atoms with E-state index in [2.05, 4.69) is 26.1 Å². The summed E-state index contributed by atoms with van der Waals surface area (Å²) in [4.78, 5) is 12.7.